The molecular formula is C15H12BrNO4. The second kappa shape index (κ2) is 6.41. The van der Waals surface area contributed by atoms with E-state index in [1.54, 1.807) is 30.3 Å². The van der Waals surface area contributed by atoms with E-state index in [2.05, 4.69) is 21.2 Å². The highest BCUT2D eigenvalue weighted by Crippen LogP contribution is 2.24. The van der Waals surface area contributed by atoms with Gasteiger partial charge in [0.2, 0.25) is 0 Å². The van der Waals surface area contributed by atoms with Crippen LogP contribution in [0.1, 0.15) is 20.7 Å². The number of methoxy groups -OCH3 is 1. The number of para-hydroxylation sites is 1. The van der Waals surface area contributed by atoms with E-state index in [-0.39, 0.29) is 11.3 Å². The summed E-state index contributed by atoms with van der Waals surface area (Å²) in [4.78, 5) is 23.5. The van der Waals surface area contributed by atoms with Gasteiger partial charge in [0.05, 0.1) is 23.9 Å². The van der Waals surface area contributed by atoms with E-state index >= 15 is 0 Å². The van der Waals surface area contributed by atoms with Gasteiger partial charge in [0, 0.05) is 4.47 Å². The average molecular weight is 350 g/mol. The Hall–Kier alpha value is -2.34. The maximum absolute atomic E-state index is 12.3. The van der Waals surface area contributed by atoms with Crippen molar-refractivity contribution in [2.75, 3.05) is 12.4 Å². The van der Waals surface area contributed by atoms with Gasteiger partial charge in [-0.05, 0) is 30.3 Å². The quantitative estimate of drug-likeness (QED) is 0.886. The van der Waals surface area contributed by atoms with Crippen molar-refractivity contribution in [1.29, 1.82) is 0 Å². The number of ether oxygens (including phenoxy) is 1. The molecule has 0 radical (unpaired) electrons. The van der Waals surface area contributed by atoms with Crippen LogP contribution in [0.2, 0.25) is 0 Å². The minimum absolute atomic E-state index is 0.00706. The first-order valence-corrected chi connectivity index (χ1v) is 6.79. The fourth-order valence-corrected chi connectivity index (χ4v) is 2.19. The van der Waals surface area contributed by atoms with Crippen molar-refractivity contribution in [3.63, 3.8) is 0 Å². The second-order valence-electron chi connectivity index (χ2n) is 4.15. The molecule has 0 saturated heterocycles. The van der Waals surface area contributed by atoms with Crippen LogP contribution in [0.5, 0.6) is 5.75 Å². The van der Waals surface area contributed by atoms with Gasteiger partial charge < -0.3 is 15.2 Å². The zero-order chi connectivity index (χ0) is 15.4. The normalized spacial score (nSPS) is 10.0. The molecule has 0 spiro atoms. The first-order chi connectivity index (χ1) is 10.0. The first kappa shape index (κ1) is 15.1. The number of carbonyl (C=O) groups excluding carboxylic acids is 1. The van der Waals surface area contributed by atoms with Crippen molar-refractivity contribution in [2.45, 2.75) is 0 Å². The van der Waals surface area contributed by atoms with Crippen LogP contribution >= 0.6 is 15.9 Å². The summed E-state index contributed by atoms with van der Waals surface area (Å²) in [6.07, 6.45) is 0. The molecule has 2 N–H and O–H groups in total. The Balaban J connectivity index is 2.34. The Bertz CT molecular complexity index is 700. The maximum atomic E-state index is 12.3. The number of hydrogen-bond acceptors (Lipinski definition) is 3. The highest BCUT2D eigenvalue weighted by Gasteiger charge is 2.16. The number of halogens is 1. The molecule has 0 atom stereocenters. The number of amides is 1. The molecule has 2 rings (SSSR count). The van der Waals surface area contributed by atoms with Gasteiger partial charge in [-0.1, -0.05) is 28.1 Å². The van der Waals surface area contributed by atoms with Crippen LogP contribution in [0.15, 0.2) is 46.9 Å². The summed E-state index contributed by atoms with van der Waals surface area (Å²) < 4.78 is 5.74. The largest absolute Gasteiger partial charge is 0.496 e. The number of carboxylic acid groups (broad SMARTS) is 1. The number of nitrogens with one attached hydrogen (secondary N) is 1. The Labute approximate surface area is 129 Å². The van der Waals surface area contributed by atoms with Gasteiger partial charge in [-0.3, -0.25) is 4.79 Å². The predicted molar refractivity (Wildman–Crippen MR) is 82.0 cm³/mol. The van der Waals surface area contributed by atoms with Gasteiger partial charge in [-0.25, -0.2) is 4.79 Å². The highest BCUT2D eigenvalue weighted by molar-refractivity contribution is 9.10. The maximum Gasteiger partial charge on any atom is 0.337 e. The van der Waals surface area contributed by atoms with Gasteiger partial charge in [0.1, 0.15) is 5.75 Å². The standard InChI is InChI=1S/C15H12BrNO4/c1-21-13-5-3-2-4-10(13)14(18)17-12-7-6-9(16)8-11(12)15(19)20/h2-8H,1H3,(H,17,18)(H,19,20). The van der Waals surface area contributed by atoms with E-state index in [1.807, 2.05) is 0 Å². The van der Waals surface area contributed by atoms with Crippen LogP contribution in [0, 0.1) is 0 Å². The van der Waals surface area contributed by atoms with Gasteiger partial charge in [-0.15, -0.1) is 0 Å². The molecule has 0 fully saturated rings. The molecule has 108 valence electrons. The number of carboxylic acids is 1. The van der Waals surface area contributed by atoms with E-state index in [1.165, 1.54) is 19.2 Å². The van der Waals surface area contributed by atoms with E-state index in [0.29, 0.717) is 15.8 Å². The Morgan fingerprint density at radius 2 is 1.86 bits per heavy atom. The number of anilines is 1. The van der Waals surface area contributed by atoms with Crippen molar-refractivity contribution >= 4 is 33.5 Å². The Morgan fingerprint density at radius 3 is 2.52 bits per heavy atom. The lowest BCUT2D eigenvalue weighted by Gasteiger charge is -2.11. The molecule has 21 heavy (non-hydrogen) atoms. The molecule has 2 aromatic rings. The zero-order valence-corrected chi connectivity index (χ0v) is 12.7. The van der Waals surface area contributed by atoms with E-state index < -0.39 is 11.9 Å². The molecule has 0 heterocycles. The van der Waals surface area contributed by atoms with Crippen LogP contribution < -0.4 is 10.1 Å². The smallest absolute Gasteiger partial charge is 0.337 e. The van der Waals surface area contributed by atoms with Crippen LogP contribution in [-0.4, -0.2) is 24.1 Å². The minimum atomic E-state index is -1.12. The Kier molecular flexibility index (Phi) is 4.59. The van der Waals surface area contributed by atoms with E-state index in [9.17, 15) is 14.7 Å². The van der Waals surface area contributed by atoms with Crippen LogP contribution in [-0.2, 0) is 0 Å². The molecule has 5 nitrogen and oxygen atoms in total. The number of rotatable bonds is 4. The lowest BCUT2D eigenvalue weighted by Crippen LogP contribution is -2.15. The third-order valence-corrected chi connectivity index (χ3v) is 3.31. The summed E-state index contributed by atoms with van der Waals surface area (Å²) in [6, 6.07) is 11.3. The molecule has 0 aliphatic rings. The highest BCUT2D eigenvalue weighted by atomic mass is 79.9. The molecule has 0 unspecified atom stereocenters. The molecular weight excluding hydrogens is 338 g/mol. The van der Waals surface area contributed by atoms with Crippen molar-refractivity contribution in [1.82, 2.24) is 0 Å². The fourth-order valence-electron chi connectivity index (χ4n) is 1.82. The third kappa shape index (κ3) is 3.41. The van der Waals surface area contributed by atoms with E-state index in [4.69, 9.17) is 4.74 Å². The number of carbonyl (C=O) groups is 2. The van der Waals surface area contributed by atoms with Crippen molar-refractivity contribution in [2.24, 2.45) is 0 Å². The molecule has 0 aliphatic carbocycles. The summed E-state index contributed by atoms with van der Waals surface area (Å²) >= 11 is 3.20. The number of hydrogen-bond donors (Lipinski definition) is 2. The predicted octanol–water partition coefficient (Wildman–Crippen LogP) is 3.41. The molecule has 0 aromatic heterocycles. The lowest BCUT2D eigenvalue weighted by molar-refractivity contribution is 0.0698. The summed E-state index contributed by atoms with van der Waals surface area (Å²) in [5, 5.41) is 11.8. The summed E-state index contributed by atoms with van der Waals surface area (Å²) in [5.74, 6) is -1.13. The molecule has 2 aromatic carbocycles. The van der Waals surface area contributed by atoms with Crippen molar-refractivity contribution < 1.29 is 19.4 Å². The van der Waals surface area contributed by atoms with Crippen molar-refractivity contribution in [3.05, 3.63) is 58.1 Å². The van der Waals surface area contributed by atoms with Gasteiger partial charge in [0.15, 0.2) is 0 Å². The molecule has 0 saturated carbocycles. The third-order valence-electron chi connectivity index (χ3n) is 2.81. The van der Waals surface area contributed by atoms with Gasteiger partial charge >= 0.3 is 5.97 Å². The van der Waals surface area contributed by atoms with E-state index in [0.717, 1.165) is 0 Å². The van der Waals surface area contributed by atoms with Crippen LogP contribution in [0.3, 0.4) is 0 Å². The monoisotopic (exact) mass is 349 g/mol. The molecule has 1 amide bonds. The average Bonchev–Trinajstić information content (AvgIpc) is 2.48. The fraction of sp³-hybridized carbons (Fsp3) is 0.0667. The lowest BCUT2D eigenvalue weighted by atomic mass is 10.1. The van der Waals surface area contributed by atoms with Crippen molar-refractivity contribution in [3.8, 4) is 5.75 Å². The minimum Gasteiger partial charge on any atom is -0.496 e. The van der Waals surface area contributed by atoms with Crippen LogP contribution in [0.25, 0.3) is 0 Å². The topological polar surface area (TPSA) is 75.6 Å². The molecule has 6 heteroatoms. The van der Waals surface area contributed by atoms with Gasteiger partial charge in [0.25, 0.3) is 5.91 Å². The summed E-state index contributed by atoms with van der Waals surface area (Å²) in [5.41, 5.74) is 0.563. The Morgan fingerprint density at radius 1 is 1.14 bits per heavy atom. The first-order valence-electron chi connectivity index (χ1n) is 6.00. The summed E-state index contributed by atoms with van der Waals surface area (Å²) in [7, 11) is 1.47. The number of benzene rings is 2. The van der Waals surface area contributed by atoms with Gasteiger partial charge in [-0.2, -0.15) is 0 Å². The second-order valence-corrected chi connectivity index (χ2v) is 5.07. The zero-order valence-electron chi connectivity index (χ0n) is 11.1. The summed E-state index contributed by atoms with van der Waals surface area (Å²) in [6.45, 7) is 0. The molecule has 0 bridgehead atoms. The molecule has 0 aliphatic heterocycles. The SMILES string of the molecule is COc1ccccc1C(=O)Nc1ccc(Br)cc1C(=O)O. The number of aromatic carboxylic acids is 1. The van der Waals surface area contributed by atoms with Crippen LogP contribution in [0.4, 0.5) is 5.69 Å².